The average Bonchev–Trinajstić information content (AvgIpc) is 3.31. The normalized spacial score (nSPS) is 22.7. The van der Waals surface area contributed by atoms with E-state index >= 15 is 0 Å². The predicted octanol–water partition coefficient (Wildman–Crippen LogP) is 1.55. The molecular formula is C18H20N6O5. The van der Waals surface area contributed by atoms with E-state index in [2.05, 4.69) is 20.3 Å². The van der Waals surface area contributed by atoms with Crippen molar-refractivity contribution >= 4 is 22.7 Å². The molecule has 1 fully saturated rings. The van der Waals surface area contributed by atoms with Crippen LogP contribution in [0.4, 0.5) is 11.5 Å². The lowest BCUT2D eigenvalue weighted by Gasteiger charge is -2.16. The van der Waals surface area contributed by atoms with Crippen molar-refractivity contribution in [2.75, 3.05) is 11.9 Å². The van der Waals surface area contributed by atoms with Gasteiger partial charge in [0.05, 0.1) is 35.6 Å². The van der Waals surface area contributed by atoms with Crippen molar-refractivity contribution in [2.24, 2.45) is 0 Å². The van der Waals surface area contributed by atoms with Crippen LogP contribution in [0.15, 0.2) is 36.9 Å². The third-order valence-electron chi connectivity index (χ3n) is 5.01. The Labute approximate surface area is 165 Å². The number of aliphatic hydroxyl groups is 2. The van der Waals surface area contributed by atoms with Crippen LogP contribution in [0.25, 0.3) is 11.2 Å². The molecule has 1 unspecified atom stereocenters. The maximum absolute atomic E-state index is 11.3. The van der Waals surface area contributed by atoms with Gasteiger partial charge in [0.1, 0.15) is 18.7 Å². The summed E-state index contributed by atoms with van der Waals surface area (Å²) in [6.45, 7) is 1.52. The summed E-state index contributed by atoms with van der Waals surface area (Å²) in [7, 11) is 0. The molecule has 0 bridgehead atoms. The van der Waals surface area contributed by atoms with Crippen molar-refractivity contribution in [3.8, 4) is 0 Å². The maximum atomic E-state index is 11.3. The first kappa shape index (κ1) is 19.2. The number of para-hydroxylation sites is 1. The Morgan fingerprint density at radius 2 is 2.17 bits per heavy atom. The third kappa shape index (κ3) is 3.50. The van der Waals surface area contributed by atoms with Gasteiger partial charge in [-0.25, -0.2) is 15.0 Å². The number of hydrogen-bond donors (Lipinski definition) is 3. The number of benzene rings is 1. The zero-order chi connectivity index (χ0) is 20.5. The molecule has 11 heteroatoms. The number of anilines is 1. The van der Waals surface area contributed by atoms with Crippen LogP contribution in [0.3, 0.4) is 0 Å². The van der Waals surface area contributed by atoms with Gasteiger partial charge in [0.2, 0.25) is 0 Å². The van der Waals surface area contributed by atoms with Gasteiger partial charge in [-0.1, -0.05) is 18.2 Å². The van der Waals surface area contributed by atoms with Gasteiger partial charge in [0.15, 0.2) is 17.0 Å². The molecule has 4 atom stereocenters. The minimum Gasteiger partial charge on any atom is -0.394 e. The summed E-state index contributed by atoms with van der Waals surface area (Å²) in [5, 5.41) is 33.7. The van der Waals surface area contributed by atoms with E-state index in [0.717, 1.165) is 0 Å². The zero-order valence-corrected chi connectivity index (χ0v) is 15.5. The average molecular weight is 400 g/mol. The van der Waals surface area contributed by atoms with E-state index in [-0.39, 0.29) is 12.3 Å². The van der Waals surface area contributed by atoms with E-state index in [9.17, 15) is 20.3 Å². The molecule has 0 amide bonds. The molecule has 0 saturated carbocycles. The van der Waals surface area contributed by atoms with E-state index in [0.29, 0.717) is 29.0 Å². The first-order chi connectivity index (χ1) is 14.0. The number of nitrogens with one attached hydrogen (secondary N) is 1. The van der Waals surface area contributed by atoms with Gasteiger partial charge in [-0.15, -0.1) is 0 Å². The molecule has 0 spiro atoms. The molecule has 4 rings (SSSR count). The zero-order valence-electron chi connectivity index (χ0n) is 15.5. The highest BCUT2D eigenvalue weighted by molar-refractivity contribution is 5.83. The number of rotatable bonds is 6. The van der Waals surface area contributed by atoms with Gasteiger partial charge >= 0.3 is 0 Å². The molecule has 11 nitrogen and oxygen atoms in total. The van der Waals surface area contributed by atoms with Gasteiger partial charge in [0.25, 0.3) is 5.69 Å². The minimum absolute atomic E-state index is 0.0201. The molecular weight excluding hydrogens is 380 g/mol. The van der Waals surface area contributed by atoms with Crippen LogP contribution >= 0.6 is 0 Å². The highest BCUT2D eigenvalue weighted by atomic mass is 16.6. The van der Waals surface area contributed by atoms with Crippen molar-refractivity contribution in [1.29, 1.82) is 0 Å². The summed E-state index contributed by atoms with van der Waals surface area (Å²) in [4.78, 5) is 23.7. The lowest BCUT2D eigenvalue weighted by molar-refractivity contribution is -0.385. The Balaban J connectivity index is 1.63. The van der Waals surface area contributed by atoms with Crippen LogP contribution < -0.4 is 5.32 Å². The molecule has 0 radical (unpaired) electrons. The third-order valence-corrected chi connectivity index (χ3v) is 5.01. The Kier molecular flexibility index (Phi) is 5.09. The fourth-order valence-corrected chi connectivity index (χ4v) is 3.52. The lowest BCUT2D eigenvalue weighted by atomic mass is 10.1. The Bertz CT molecular complexity index is 1040. The van der Waals surface area contributed by atoms with Crippen molar-refractivity contribution in [2.45, 2.75) is 37.8 Å². The second kappa shape index (κ2) is 7.70. The smallest absolute Gasteiger partial charge is 0.274 e. The quantitative estimate of drug-likeness (QED) is 0.414. The van der Waals surface area contributed by atoms with Crippen LogP contribution in [0, 0.1) is 10.1 Å². The van der Waals surface area contributed by atoms with Crippen molar-refractivity contribution in [3.63, 3.8) is 0 Å². The first-order valence-corrected chi connectivity index (χ1v) is 9.11. The molecule has 1 saturated heterocycles. The van der Waals surface area contributed by atoms with Crippen molar-refractivity contribution in [3.05, 3.63) is 52.6 Å². The molecule has 3 heterocycles. The van der Waals surface area contributed by atoms with Crippen LogP contribution in [0.1, 0.15) is 31.2 Å². The minimum atomic E-state index is -0.777. The maximum Gasteiger partial charge on any atom is 0.274 e. The number of aliphatic hydroxyl groups excluding tert-OH is 2. The van der Waals surface area contributed by atoms with Crippen LogP contribution in [-0.4, -0.2) is 53.5 Å². The summed E-state index contributed by atoms with van der Waals surface area (Å²) in [5.74, 6) is 0.427. The van der Waals surface area contributed by atoms with Gasteiger partial charge in [-0.3, -0.25) is 14.7 Å². The van der Waals surface area contributed by atoms with E-state index in [1.807, 2.05) is 0 Å². The summed E-state index contributed by atoms with van der Waals surface area (Å²) in [6.07, 6.45) is 1.26. The molecule has 3 aromatic rings. The fraction of sp³-hybridized carbons (Fsp3) is 0.389. The highest BCUT2D eigenvalue weighted by Crippen LogP contribution is 2.33. The number of hydrogen-bond acceptors (Lipinski definition) is 9. The first-order valence-electron chi connectivity index (χ1n) is 9.11. The standard InChI is InChI=1S/C18H20N6O5/c1-10(11-4-2-3-5-12(11)24(27)28)22-17-16-18(20-8-19-17)23(9-21-16)15-6-13(26)14(7-25)29-15/h2-5,8-10,13-15,25-26H,6-7H2,1H3,(H,19,20,22)/t10?,13-,14-,15-/m1/s1. The summed E-state index contributed by atoms with van der Waals surface area (Å²) in [6, 6.07) is 6.11. The number of imidazole rings is 1. The monoisotopic (exact) mass is 400 g/mol. The lowest BCUT2D eigenvalue weighted by Crippen LogP contribution is -2.24. The van der Waals surface area contributed by atoms with Crippen molar-refractivity contribution < 1.29 is 19.9 Å². The van der Waals surface area contributed by atoms with Gasteiger partial charge in [-0.2, -0.15) is 0 Å². The van der Waals surface area contributed by atoms with E-state index in [1.54, 1.807) is 29.7 Å². The number of nitro groups is 1. The van der Waals surface area contributed by atoms with Gasteiger partial charge in [0, 0.05) is 12.5 Å². The number of aromatic nitrogens is 4. The molecule has 1 aliphatic heterocycles. The van der Waals surface area contributed by atoms with Crippen LogP contribution in [0.5, 0.6) is 0 Å². The molecule has 2 aromatic heterocycles. The van der Waals surface area contributed by atoms with Gasteiger partial charge in [-0.05, 0) is 6.92 Å². The number of nitro benzene ring substituents is 1. The molecule has 152 valence electrons. The van der Waals surface area contributed by atoms with E-state index < -0.39 is 29.4 Å². The topological polar surface area (TPSA) is 148 Å². The molecule has 3 N–H and O–H groups in total. The Morgan fingerprint density at radius 3 is 2.90 bits per heavy atom. The Hall–Kier alpha value is -3.15. The number of nitrogens with zero attached hydrogens (tertiary/aromatic N) is 5. The SMILES string of the molecule is CC(Nc1ncnc2c1ncn2[C@H]1C[C@@H](O)[C@@H](CO)O1)c1ccccc1[N+](=O)[O-]. The highest BCUT2D eigenvalue weighted by Gasteiger charge is 2.35. The predicted molar refractivity (Wildman–Crippen MR) is 102 cm³/mol. The second-order valence-corrected chi connectivity index (χ2v) is 6.84. The molecule has 29 heavy (non-hydrogen) atoms. The summed E-state index contributed by atoms with van der Waals surface area (Å²) in [5.41, 5.74) is 1.51. The Morgan fingerprint density at radius 1 is 1.38 bits per heavy atom. The summed E-state index contributed by atoms with van der Waals surface area (Å²) >= 11 is 0. The van der Waals surface area contributed by atoms with Crippen molar-refractivity contribution in [1.82, 2.24) is 19.5 Å². The van der Waals surface area contributed by atoms with Crippen LogP contribution in [-0.2, 0) is 4.74 Å². The number of ether oxygens (including phenoxy) is 1. The van der Waals surface area contributed by atoms with E-state index in [4.69, 9.17) is 4.74 Å². The second-order valence-electron chi connectivity index (χ2n) is 6.84. The molecule has 1 aromatic carbocycles. The molecule has 0 aliphatic carbocycles. The van der Waals surface area contributed by atoms with E-state index in [1.165, 1.54) is 18.7 Å². The number of fused-ring (bicyclic) bond motifs is 1. The van der Waals surface area contributed by atoms with Gasteiger partial charge < -0.3 is 20.3 Å². The van der Waals surface area contributed by atoms with Crippen LogP contribution in [0.2, 0.25) is 0 Å². The molecule has 1 aliphatic rings. The summed E-state index contributed by atoms with van der Waals surface area (Å²) < 4.78 is 7.35. The fourth-order valence-electron chi connectivity index (χ4n) is 3.52. The largest absolute Gasteiger partial charge is 0.394 e.